The molecule has 2 N–H and O–H groups in total. The minimum absolute atomic E-state index is 0.0136. The first kappa shape index (κ1) is 22.0. The second kappa shape index (κ2) is 8.74. The van der Waals surface area contributed by atoms with Gasteiger partial charge >= 0.3 is 5.97 Å². The Morgan fingerprint density at radius 2 is 1.50 bits per heavy atom. The molecule has 0 radical (unpaired) electrons. The van der Waals surface area contributed by atoms with Crippen molar-refractivity contribution >= 4 is 44.9 Å². The molecule has 7 nitrogen and oxygen atoms in total. The van der Waals surface area contributed by atoms with Gasteiger partial charge in [-0.15, -0.1) is 0 Å². The number of sulfonamides is 1. The SMILES string of the molecule is NS(=O)(=O)c1ccc(Cl)c(C(=O)OCC(=O)N2c3ccccc3CCc3ccccc32)c1. The van der Waals surface area contributed by atoms with E-state index in [-0.39, 0.29) is 15.5 Å². The molecule has 1 aliphatic rings. The summed E-state index contributed by atoms with van der Waals surface area (Å²) in [5.41, 5.74) is 3.28. The largest absolute Gasteiger partial charge is 0.452 e. The molecule has 0 bridgehead atoms. The zero-order valence-electron chi connectivity index (χ0n) is 16.8. The van der Waals surface area contributed by atoms with Gasteiger partial charge in [0.15, 0.2) is 6.61 Å². The lowest BCUT2D eigenvalue weighted by Gasteiger charge is -2.24. The number of primary sulfonamides is 1. The maximum atomic E-state index is 13.2. The van der Waals surface area contributed by atoms with Crippen LogP contribution < -0.4 is 10.0 Å². The summed E-state index contributed by atoms with van der Waals surface area (Å²) in [6, 6.07) is 18.6. The molecule has 0 atom stereocenters. The highest BCUT2D eigenvalue weighted by Gasteiger charge is 2.27. The molecule has 0 aliphatic carbocycles. The summed E-state index contributed by atoms with van der Waals surface area (Å²) >= 11 is 6.03. The first-order valence-electron chi connectivity index (χ1n) is 9.74. The van der Waals surface area contributed by atoms with Crippen molar-refractivity contribution in [3.05, 3.63) is 88.4 Å². The lowest BCUT2D eigenvalue weighted by molar-refractivity contribution is -0.120. The number of hydrogen-bond donors (Lipinski definition) is 1. The molecule has 0 spiro atoms. The molecule has 0 saturated carbocycles. The summed E-state index contributed by atoms with van der Waals surface area (Å²) in [4.78, 5) is 27.1. The molecule has 1 heterocycles. The van der Waals surface area contributed by atoms with Gasteiger partial charge in [0, 0.05) is 0 Å². The van der Waals surface area contributed by atoms with Crippen molar-refractivity contribution in [3.63, 3.8) is 0 Å². The highest BCUT2D eigenvalue weighted by Crippen LogP contribution is 2.36. The van der Waals surface area contributed by atoms with Gasteiger partial charge in [0.05, 0.1) is 26.9 Å². The normalized spacial score (nSPS) is 13.0. The Morgan fingerprint density at radius 1 is 0.938 bits per heavy atom. The Labute approximate surface area is 190 Å². The highest BCUT2D eigenvalue weighted by atomic mass is 35.5. The number of nitrogens with zero attached hydrogens (tertiary/aromatic N) is 1. The number of nitrogens with two attached hydrogens (primary N) is 1. The first-order valence-corrected chi connectivity index (χ1v) is 11.7. The van der Waals surface area contributed by atoms with Gasteiger partial charge in [0.25, 0.3) is 5.91 Å². The fraction of sp³-hybridized carbons (Fsp3) is 0.130. The van der Waals surface area contributed by atoms with E-state index in [0.717, 1.165) is 41.4 Å². The lowest BCUT2D eigenvalue weighted by atomic mass is 10.0. The maximum absolute atomic E-state index is 13.2. The monoisotopic (exact) mass is 470 g/mol. The zero-order chi connectivity index (χ0) is 22.9. The molecule has 164 valence electrons. The van der Waals surface area contributed by atoms with E-state index in [9.17, 15) is 18.0 Å². The fourth-order valence-corrected chi connectivity index (χ4v) is 4.39. The van der Waals surface area contributed by atoms with Crippen LogP contribution in [-0.2, 0) is 32.4 Å². The van der Waals surface area contributed by atoms with Crippen LogP contribution in [0.2, 0.25) is 5.02 Å². The predicted octanol–water partition coefficient (Wildman–Crippen LogP) is 3.61. The van der Waals surface area contributed by atoms with E-state index in [1.165, 1.54) is 12.1 Å². The minimum atomic E-state index is -4.04. The van der Waals surface area contributed by atoms with E-state index in [2.05, 4.69) is 0 Å². The number of ether oxygens (including phenoxy) is 1. The number of halogens is 1. The van der Waals surface area contributed by atoms with Crippen molar-refractivity contribution in [1.29, 1.82) is 0 Å². The molecule has 1 amide bonds. The number of carbonyl (C=O) groups is 2. The number of amides is 1. The summed E-state index contributed by atoms with van der Waals surface area (Å²) in [5.74, 6) is -1.37. The van der Waals surface area contributed by atoms with E-state index >= 15 is 0 Å². The number of para-hydroxylation sites is 2. The molecular formula is C23H19ClN2O5S. The first-order chi connectivity index (χ1) is 15.3. The molecule has 9 heteroatoms. The smallest absolute Gasteiger partial charge is 0.340 e. The van der Waals surface area contributed by atoms with Gasteiger partial charge in [-0.1, -0.05) is 48.0 Å². The third-order valence-corrected chi connectivity index (χ3v) is 6.43. The quantitative estimate of drug-likeness (QED) is 0.586. The van der Waals surface area contributed by atoms with Crippen molar-refractivity contribution in [2.75, 3.05) is 11.5 Å². The number of esters is 1. The van der Waals surface area contributed by atoms with Crippen LogP contribution in [0.4, 0.5) is 11.4 Å². The Balaban J connectivity index is 1.61. The number of carbonyl (C=O) groups excluding carboxylic acids is 2. The van der Waals surface area contributed by atoms with Gasteiger partial charge in [-0.2, -0.15) is 0 Å². The van der Waals surface area contributed by atoms with E-state index in [1.54, 1.807) is 4.90 Å². The third kappa shape index (κ3) is 4.38. The summed E-state index contributed by atoms with van der Waals surface area (Å²) in [6.07, 6.45) is 1.54. The second-order valence-electron chi connectivity index (χ2n) is 7.25. The Hall–Kier alpha value is -3.20. The number of anilines is 2. The van der Waals surface area contributed by atoms with Crippen molar-refractivity contribution in [3.8, 4) is 0 Å². The molecule has 0 unspecified atom stereocenters. The zero-order valence-corrected chi connectivity index (χ0v) is 18.4. The van der Waals surface area contributed by atoms with Crippen molar-refractivity contribution < 1.29 is 22.7 Å². The molecule has 4 rings (SSSR count). The minimum Gasteiger partial charge on any atom is -0.452 e. The van der Waals surface area contributed by atoms with Crippen molar-refractivity contribution in [2.45, 2.75) is 17.7 Å². The Kier molecular flexibility index (Phi) is 6.01. The van der Waals surface area contributed by atoms with E-state index in [4.69, 9.17) is 21.5 Å². The molecular weight excluding hydrogens is 452 g/mol. The van der Waals surface area contributed by atoms with Gasteiger partial charge in [0.1, 0.15) is 0 Å². The number of fused-ring (bicyclic) bond motifs is 2. The van der Waals surface area contributed by atoms with Crippen LogP contribution in [0.15, 0.2) is 71.6 Å². The maximum Gasteiger partial charge on any atom is 0.340 e. The molecule has 0 saturated heterocycles. The van der Waals surface area contributed by atoms with Gasteiger partial charge in [-0.3, -0.25) is 9.69 Å². The molecule has 1 aliphatic heterocycles. The van der Waals surface area contributed by atoms with Crippen LogP contribution in [0.3, 0.4) is 0 Å². The predicted molar refractivity (Wildman–Crippen MR) is 121 cm³/mol. The number of hydrogen-bond acceptors (Lipinski definition) is 5. The summed E-state index contributed by atoms with van der Waals surface area (Å²) in [5, 5.41) is 5.10. The van der Waals surface area contributed by atoms with Crippen molar-refractivity contribution in [1.82, 2.24) is 0 Å². The average molecular weight is 471 g/mol. The van der Waals surface area contributed by atoms with Crippen LogP contribution in [0, 0.1) is 0 Å². The summed E-state index contributed by atoms with van der Waals surface area (Å²) in [7, 11) is -4.04. The van der Waals surface area contributed by atoms with E-state index < -0.39 is 28.5 Å². The molecule has 3 aromatic rings. The standard InChI is InChI=1S/C23H19ClN2O5S/c24-19-12-11-17(32(25,29)30)13-18(19)23(28)31-14-22(27)26-20-7-3-1-5-15(20)9-10-16-6-2-4-8-21(16)26/h1-8,11-13H,9-10,14H2,(H2,25,29,30). The second-order valence-corrected chi connectivity index (χ2v) is 9.22. The van der Waals surface area contributed by atoms with Gasteiger partial charge in [-0.25, -0.2) is 18.4 Å². The summed E-state index contributed by atoms with van der Waals surface area (Å²) < 4.78 is 28.4. The number of rotatable bonds is 4. The molecule has 32 heavy (non-hydrogen) atoms. The van der Waals surface area contributed by atoms with E-state index in [1.807, 2.05) is 48.5 Å². The van der Waals surface area contributed by atoms with Crippen LogP contribution in [0.1, 0.15) is 21.5 Å². The highest BCUT2D eigenvalue weighted by molar-refractivity contribution is 7.89. The van der Waals surface area contributed by atoms with Gasteiger partial charge in [-0.05, 0) is 54.3 Å². The Morgan fingerprint density at radius 3 is 2.06 bits per heavy atom. The molecule has 0 aromatic heterocycles. The third-order valence-electron chi connectivity index (χ3n) is 5.19. The number of benzene rings is 3. The van der Waals surface area contributed by atoms with Gasteiger partial charge < -0.3 is 4.74 Å². The average Bonchev–Trinajstić information content (AvgIpc) is 2.93. The van der Waals surface area contributed by atoms with Crippen LogP contribution >= 0.6 is 11.6 Å². The van der Waals surface area contributed by atoms with Crippen LogP contribution in [0.5, 0.6) is 0 Å². The lowest BCUT2D eigenvalue weighted by Crippen LogP contribution is -2.31. The number of aryl methyl sites for hydroxylation is 2. The Bertz CT molecular complexity index is 1280. The topological polar surface area (TPSA) is 107 Å². The van der Waals surface area contributed by atoms with Crippen LogP contribution in [0.25, 0.3) is 0 Å². The molecule has 3 aromatic carbocycles. The van der Waals surface area contributed by atoms with Gasteiger partial charge in [0.2, 0.25) is 10.0 Å². The van der Waals surface area contributed by atoms with Crippen LogP contribution in [-0.4, -0.2) is 26.9 Å². The van der Waals surface area contributed by atoms with Crippen molar-refractivity contribution in [2.24, 2.45) is 5.14 Å². The summed E-state index contributed by atoms with van der Waals surface area (Å²) in [6.45, 7) is -0.558. The molecule has 0 fully saturated rings. The van der Waals surface area contributed by atoms with E-state index in [0.29, 0.717) is 0 Å². The fourth-order valence-electron chi connectivity index (χ4n) is 3.66.